The molecule has 0 aromatic heterocycles. The van der Waals surface area contributed by atoms with Gasteiger partial charge in [0.25, 0.3) is 10.0 Å². The third-order valence-corrected chi connectivity index (χ3v) is 3.92. The van der Waals surface area contributed by atoms with Crippen molar-refractivity contribution in [3.8, 4) is 0 Å². The minimum Gasteiger partial charge on any atom is -0.478 e. The lowest BCUT2D eigenvalue weighted by Gasteiger charge is -2.07. The van der Waals surface area contributed by atoms with Gasteiger partial charge in [-0.05, 0) is 34.1 Å². The second-order valence-electron chi connectivity index (χ2n) is 2.74. The van der Waals surface area contributed by atoms with Crippen LogP contribution in [0.4, 0.5) is 0 Å². The van der Waals surface area contributed by atoms with E-state index < -0.39 is 16.0 Å². The van der Waals surface area contributed by atoms with Crippen molar-refractivity contribution in [1.82, 2.24) is 4.89 Å². The lowest BCUT2D eigenvalue weighted by molar-refractivity contribution is 0.0696. The minimum atomic E-state index is -3.88. The molecule has 0 aliphatic heterocycles. The van der Waals surface area contributed by atoms with Crippen LogP contribution in [-0.2, 0) is 14.9 Å². The molecule has 0 heterocycles. The summed E-state index contributed by atoms with van der Waals surface area (Å²) in [5, 5.41) is 8.73. The van der Waals surface area contributed by atoms with Crippen LogP contribution in [0, 0.1) is 0 Å². The van der Waals surface area contributed by atoms with Crippen molar-refractivity contribution in [3.63, 3.8) is 0 Å². The Balaban J connectivity index is 3.33. The van der Waals surface area contributed by atoms with Gasteiger partial charge in [-0.15, -0.1) is 0 Å². The Hall–Kier alpha value is -0.960. The first-order valence-corrected chi connectivity index (χ1v) is 6.23. The van der Waals surface area contributed by atoms with Gasteiger partial charge in [0.2, 0.25) is 0 Å². The summed E-state index contributed by atoms with van der Waals surface area (Å²) < 4.78 is 23.4. The van der Waals surface area contributed by atoms with Crippen LogP contribution in [0.1, 0.15) is 10.4 Å². The van der Waals surface area contributed by atoms with Crippen LogP contribution < -0.4 is 4.89 Å². The molecule has 0 saturated heterocycles. The van der Waals surface area contributed by atoms with E-state index in [2.05, 4.69) is 20.8 Å². The standard InChI is InChI=1S/C8H8BrNO5S/c1-15-10-16(13,14)7-4-5(8(11)12)2-3-6(7)9/h2-4,10H,1H3,(H,11,12). The first kappa shape index (κ1) is 13.1. The van der Waals surface area contributed by atoms with Gasteiger partial charge in [-0.25, -0.2) is 13.2 Å². The number of aromatic carboxylic acids is 1. The molecule has 1 rings (SSSR count). The van der Waals surface area contributed by atoms with Crippen LogP contribution in [0.25, 0.3) is 0 Å². The first-order valence-electron chi connectivity index (χ1n) is 3.96. The molecule has 0 aliphatic carbocycles. The monoisotopic (exact) mass is 309 g/mol. The molecule has 6 nitrogen and oxygen atoms in total. The van der Waals surface area contributed by atoms with E-state index in [0.717, 1.165) is 13.2 Å². The van der Waals surface area contributed by atoms with Gasteiger partial charge in [0.1, 0.15) is 0 Å². The maximum absolute atomic E-state index is 11.6. The summed E-state index contributed by atoms with van der Waals surface area (Å²) >= 11 is 3.02. The van der Waals surface area contributed by atoms with Crippen molar-refractivity contribution in [3.05, 3.63) is 28.2 Å². The summed E-state index contributed by atoms with van der Waals surface area (Å²) in [5.74, 6) is -1.21. The van der Waals surface area contributed by atoms with Crippen molar-refractivity contribution in [2.75, 3.05) is 7.11 Å². The molecular formula is C8H8BrNO5S. The van der Waals surface area contributed by atoms with Gasteiger partial charge in [0.15, 0.2) is 0 Å². The van der Waals surface area contributed by atoms with Gasteiger partial charge in [-0.2, -0.15) is 0 Å². The van der Waals surface area contributed by atoms with Crippen molar-refractivity contribution in [2.24, 2.45) is 0 Å². The molecule has 0 radical (unpaired) electrons. The number of hydrogen-bond acceptors (Lipinski definition) is 4. The Morgan fingerprint density at radius 1 is 1.50 bits per heavy atom. The molecule has 1 aromatic carbocycles. The minimum absolute atomic E-state index is 0.125. The van der Waals surface area contributed by atoms with Crippen molar-refractivity contribution in [1.29, 1.82) is 0 Å². The number of carboxylic acid groups (broad SMARTS) is 1. The van der Waals surface area contributed by atoms with E-state index in [1.807, 2.05) is 0 Å². The fraction of sp³-hybridized carbons (Fsp3) is 0.125. The smallest absolute Gasteiger partial charge is 0.335 e. The van der Waals surface area contributed by atoms with E-state index in [0.29, 0.717) is 0 Å². The fourth-order valence-corrected chi connectivity index (χ4v) is 2.80. The van der Waals surface area contributed by atoms with Gasteiger partial charge in [-0.3, -0.25) is 4.84 Å². The van der Waals surface area contributed by atoms with Crippen molar-refractivity contribution in [2.45, 2.75) is 4.90 Å². The van der Waals surface area contributed by atoms with Crippen LogP contribution in [0.15, 0.2) is 27.6 Å². The predicted octanol–water partition coefficient (Wildman–Crippen LogP) is 0.987. The van der Waals surface area contributed by atoms with Crippen LogP contribution in [0.2, 0.25) is 0 Å². The topological polar surface area (TPSA) is 92.7 Å². The van der Waals surface area contributed by atoms with Crippen LogP contribution in [0.5, 0.6) is 0 Å². The average Bonchev–Trinajstić information content (AvgIpc) is 2.17. The maximum Gasteiger partial charge on any atom is 0.335 e. The Morgan fingerprint density at radius 2 is 2.12 bits per heavy atom. The number of benzene rings is 1. The number of hydrogen-bond donors (Lipinski definition) is 2. The highest BCUT2D eigenvalue weighted by Crippen LogP contribution is 2.23. The van der Waals surface area contributed by atoms with Crippen LogP contribution in [-0.4, -0.2) is 26.6 Å². The second kappa shape index (κ2) is 4.91. The highest BCUT2D eigenvalue weighted by Gasteiger charge is 2.19. The molecule has 0 fully saturated rings. The average molecular weight is 310 g/mol. The van der Waals surface area contributed by atoms with Gasteiger partial charge in [0, 0.05) is 4.47 Å². The molecule has 0 saturated carbocycles. The van der Waals surface area contributed by atoms with Crippen molar-refractivity contribution < 1.29 is 23.2 Å². The van der Waals surface area contributed by atoms with Gasteiger partial charge in [0.05, 0.1) is 17.6 Å². The van der Waals surface area contributed by atoms with Crippen LogP contribution in [0.3, 0.4) is 0 Å². The number of halogens is 1. The second-order valence-corrected chi connectivity index (χ2v) is 5.21. The summed E-state index contributed by atoms with van der Waals surface area (Å²) in [4.78, 5) is 16.6. The lowest BCUT2D eigenvalue weighted by atomic mass is 10.2. The quantitative estimate of drug-likeness (QED) is 0.809. The Labute approximate surface area is 100 Å². The zero-order valence-corrected chi connectivity index (χ0v) is 10.5. The van der Waals surface area contributed by atoms with E-state index in [9.17, 15) is 13.2 Å². The van der Waals surface area contributed by atoms with Gasteiger partial charge < -0.3 is 5.11 Å². The Kier molecular flexibility index (Phi) is 4.03. The number of rotatable bonds is 4. The van der Waals surface area contributed by atoms with Crippen LogP contribution >= 0.6 is 15.9 Å². The predicted molar refractivity (Wildman–Crippen MR) is 58.4 cm³/mol. The van der Waals surface area contributed by atoms with E-state index in [1.54, 1.807) is 4.89 Å². The number of carboxylic acids is 1. The molecule has 2 N–H and O–H groups in total. The molecule has 0 amide bonds. The van der Waals surface area contributed by atoms with E-state index in [1.165, 1.54) is 12.1 Å². The molecule has 0 aliphatic rings. The summed E-state index contributed by atoms with van der Waals surface area (Å²) in [5.41, 5.74) is -0.125. The van der Waals surface area contributed by atoms with Gasteiger partial charge >= 0.3 is 5.97 Å². The van der Waals surface area contributed by atoms with Gasteiger partial charge in [-0.1, -0.05) is 4.89 Å². The van der Waals surface area contributed by atoms with E-state index in [-0.39, 0.29) is 14.9 Å². The summed E-state index contributed by atoms with van der Waals surface area (Å²) in [6, 6.07) is 3.67. The number of nitrogens with one attached hydrogen (secondary N) is 1. The summed E-state index contributed by atoms with van der Waals surface area (Å²) in [6.45, 7) is 0. The number of sulfonamides is 1. The fourth-order valence-electron chi connectivity index (χ4n) is 0.997. The maximum atomic E-state index is 11.6. The summed E-state index contributed by atoms with van der Waals surface area (Å²) in [6.07, 6.45) is 0. The molecule has 0 spiro atoms. The molecular weight excluding hydrogens is 302 g/mol. The molecule has 0 unspecified atom stereocenters. The molecule has 1 aromatic rings. The molecule has 16 heavy (non-hydrogen) atoms. The first-order chi connectivity index (χ1) is 7.38. The molecule has 8 heteroatoms. The zero-order valence-electron chi connectivity index (χ0n) is 8.10. The normalized spacial score (nSPS) is 11.4. The number of carbonyl (C=O) groups is 1. The third kappa shape index (κ3) is 2.79. The molecule has 0 atom stereocenters. The van der Waals surface area contributed by atoms with E-state index >= 15 is 0 Å². The summed E-state index contributed by atoms with van der Waals surface area (Å²) in [7, 11) is -2.73. The lowest BCUT2D eigenvalue weighted by Crippen LogP contribution is -2.23. The third-order valence-electron chi connectivity index (χ3n) is 1.66. The Bertz CT molecular complexity index is 513. The molecule has 0 bridgehead atoms. The SMILES string of the molecule is CONS(=O)(=O)c1cc(C(=O)O)ccc1Br. The zero-order chi connectivity index (χ0) is 12.3. The van der Waals surface area contributed by atoms with Crippen molar-refractivity contribution >= 4 is 31.9 Å². The molecule has 88 valence electrons. The largest absolute Gasteiger partial charge is 0.478 e. The highest BCUT2D eigenvalue weighted by atomic mass is 79.9. The van der Waals surface area contributed by atoms with E-state index in [4.69, 9.17) is 5.11 Å². The Morgan fingerprint density at radius 3 is 2.62 bits per heavy atom. The highest BCUT2D eigenvalue weighted by molar-refractivity contribution is 9.10.